The highest BCUT2D eigenvalue weighted by Gasteiger charge is 2.28. The number of aryl methyl sites for hydroxylation is 3. The van der Waals surface area contributed by atoms with Crippen molar-refractivity contribution in [2.75, 3.05) is 13.1 Å². The van der Waals surface area contributed by atoms with Gasteiger partial charge in [0.1, 0.15) is 6.04 Å². The zero-order valence-electron chi connectivity index (χ0n) is 17.3. The maximum Gasteiger partial charge on any atom is 0.239 e. The number of aliphatic imine (C=N–C) groups is 1. The highest BCUT2D eigenvalue weighted by molar-refractivity contribution is 5.82. The monoisotopic (exact) mass is 390 g/mol. The first kappa shape index (κ1) is 20.9. The lowest BCUT2D eigenvalue weighted by Crippen LogP contribution is -2.37. The van der Waals surface area contributed by atoms with Gasteiger partial charge < -0.3 is 11.1 Å². The number of aromatic nitrogens is 1. The quantitative estimate of drug-likeness (QED) is 0.688. The molecule has 1 aromatic carbocycles. The first-order valence-corrected chi connectivity index (χ1v) is 10.2. The highest BCUT2D eigenvalue weighted by atomic mass is 16.1. The molecule has 2 heterocycles. The maximum absolute atomic E-state index is 12.2. The van der Waals surface area contributed by atoms with Crippen molar-refractivity contribution in [1.82, 2.24) is 10.3 Å². The number of nitrogens with one attached hydrogen (secondary N) is 1. The Hall–Kier alpha value is -2.79. The first-order chi connectivity index (χ1) is 14.0. The minimum Gasteiger partial charge on any atom is -0.368 e. The molecule has 1 aliphatic heterocycles. The molecule has 2 aromatic rings. The Labute approximate surface area is 173 Å². The van der Waals surface area contributed by atoms with Gasteiger partial charge in [0.05, 0.1) is 0 Å². The Balaban J connectivity index is 1.67. The van der Waals surface area contributed by atoms with Gasteiger partial charge in [0.2, 0.25) is 5.91 Å². The van der Waals surface area contributed by atoms with Gasteiger partial charge in [-0.15, -0.1) is 0 Å². The molecule has 0 saturated heterocycles. The molecule has 0 radical (unpaired) electrons. The molecule has 5 nitrogen and oxygen atoms in total. The number of dihydropyridines is 1. The summed E-state index contributed by atoms with van der Waals surface area (Å²) >= 11 is 0. The Morgan fingerprint density at radius 3 is 2.83 bits per heavy atom. The van der Waals surface area contributed by atoms with E-state index < -0.39 is 6.04 Å². The van der Waals surface area contributed by atoms with Gasteiger partial charge in [0.25, 0.3) is 0 Å². The lowest BCUT2D eigenvalue weighted by Gasteiger charge is -2.32. The standard InChI is InChI=1S/C24H30N4O/c1-18-6-7-19(2)21(15-18)22(23(25)29)28-14-11-24(9-4-13-27-17-24)10-8-20-5-3-12-26-16-20/h3-7,9,12-13,15-16,22,28H,8,10-11,14,17H2,1-2H3,(H2,25,29). The number of amides is 1. The van der Waals surface area contributed by atoms with Gasteiger partial charge in [0.15, 0.2) is 0 Å². The van der Waals surface area contributed by atoms with Crippen LogP contribution in [0, 0.1) is 19.3 Å². The number of carbonyl (C=O) groups is 1. The second kappa shape index (κ2) is 9.61. The molecule has 5 heteroatoms. The maximum atomic E-state index is 12.2. The number of rotatable bonds is 9. The fourth-order valence-corrected chi connectivity index (χ4v) is 3.88. The third kappa shape index (κ3) is 5.61. The van der Waals surface area contributed by atoms with E-state index in [4.69, 9.17) is 5.73 Å². The first-order valence-electron chi connectivity index (χ1n) is 10.2. The van der Waals surface area contributed by atoms with Gasteiger partial charge in [-0.1, -0.05) is 35.9 Å². The van der Waals surface area contributed by atoms with Crippen LogP contribution in [0.15, 0.2) is 59.9 Å². The molecular formula is C24H30N4O. The van der Waals surface area contributed by atoms with Gasteiger partial charge in [-0.2, -0.15) is 0 Å². The third-order valence-corrected chi connectivity index (χ3v) is 5.68. The second-order valence-corrected chi connectivity index (χ2v) is 7.97. The molecule has 0 aliphatic carbocycles. The fraction of sp³-hybridized carbons (Fsp3) is 0.375. The lowest BCUT2D eigenvalue weighted by molar-refractivity contribution is -0.120. The van der Waals surface area contributed by atoms with Gasteiger partial charge in [-0.3, -0.25) is 14.8 Å². The van der Waals surface area contributed by atoms with Crippen molar-refractivity contribution in [1.29, 1.82) is 0 Å². The fourth-order valence-electron chi connectivity index (χ4n) is 3.88. The Kier molecular flexibility index (Phi) is 6.94. The Morgan fingerprint density at radius 1 is 1.28 bits per heavy atom. The van der Waals surface area contributed by atoms with E-state index in [1.807, 2.05) is 50.5 Å². The molecule has 0 saturated carbocycles. The van der Waals surface area contributed by atoms with E-state index in [9.17, 15) is 4.79 Å². The van der Waals surface area contributed by atoms with Crippen LogP contribution < -0.4 is 11.1 Å². The van der Waals surface area contributed by atoms with E-state index in [0.717, 1.165) is 42.5 Å². The molecule has 3 rings (SSSR count). The normalized spacial score (nSPS) is 19.2. The van der Waals surface area contributed by atoms with Gasteiger partial charge in [-0.25, -0.2) is 0 Å². The van der Waals surface area contributed by atoms with E-state index in [0.29, 0.717) is 6.54 Å². The van der Waals surface area contributed by atoms with Crippen LogP contribution >= 0.6 is 0 Å². The number of nitrogens with zero attached hydrogens (tertiary/aromatic N) is 2. The van der Waals surface area contributed by atoms with Crippen LogP contribution in [-0.4, -0.2) is 30.2 Å². The molecule has 2 atom stereocenters. The van der Waals surface area contributed by atoms with Gasteiger partial charge >= 0.3 is 0 Å². The van der Waals surface area contributed by atoms with Crippen LogP contribution in [0.25, 0.3) is 0 Å². The Bertz CT molecular complexity index is 891. The number of allylic oxidation sites excluding steroid dienone is 1. The van der Waals surface area contributed by atoms with Crippen LogP contribution in [-0.2, 0) is 11.2 Å². The van der Waals surface area contributed by atoms with Crippen molar-refractivity contribution in [3.05, 3.63) is 77.1 Å². The van der Waals surface area contributed by atoms with E-state index in [-0.39, 0.29) is 11.3 Å². The molecule has 1 aliphatic rings. The number of nitrogens with two attached hydrogens (primary N) is 1. The number of hydrogen-bond acceptors (Lipinski definition) is 4. The predicted molar refractivity (Wildman–Crippen MR) is 118 cm³/mol. The zero-order valence-corrected chi connectivity index (χ0v) is 17.3. The van der Waals surface area contributed by atoms with Crippen molar-refractivity contribution < 1.29 is 4.79 Å². The smallest absolute Gasteiger partial charge is 0.239 e. The Morgan fingerprint density at radius 2 is 2.14 bits per heavy atom. The average molecular weight is 391 g/mol. The third-order valence-electron chi connectivity index (χ3n) is 5.68. The molecule has 0 fully saturated rings. The summed E-state index contributed by atoms with van der Waals surface area (Å²) in [6.07, 6.45) is 12.7. The summed E-state index contributed by atoms with van der Waals surface area (Å²) in [5, 5.41) is 3.40. The van der Waals surface area contributed by atoms with Crippen LogP contribution in [0.4, 0.5) is 0 Å². The summed E-state index contributed by atoms with van der Waals surface area (Å²) in [7, 11) is 0. The molecule has 0 bridgehead atoms. The predicted octanol–water partition coefficient (Wildman–Crippen LogP) is 3.46. The van der Waals surface area contributed by atoms with Crippen molar-refractivity contribution in [3.8, 4) is 0 Å². The van der Waals surface area contributed by atoms with Gasteiger partial charge in [0, 0.05) is 30.6 Å². The number of carbonyl (C=O) groups excluding carboxylic acids is 1. The SMILES string of the molecule is Cc1ccc(C)c(C(NCCC2(CCc3cccnc3)C=CC=NC2)C(N)=O)c1. The summed E-state index contributed by atoms with van der Waals surface area (Å²) < 4.78 is 0. The number of hydrogen-bond donors (Lipinski definition) is 2. The molecule has 2 unspecified atom stereocenters. The van der Waals surface area contributed by atoms with Crippen LogP contribution in [0.3, 0.4) is 0 Å². The molecule has 1 aromatic heterocycles. The number of benzene rings is 1. The zero-order chi connectivity index (χ0) is 20.7. The topological polar surface area (TPSA) is 80.4 Å². The molecule has 152 valence electrons. The summed E-state index contributed by atoms with van der Waals surface area (Å²) in [5.74, 6) is -0.347. The van der Waals surface area contributed by atoms with Gasteiger partial charge in [-0.05, 0) is 68.5 Å². The average Bonchev–Trinajstić information content (AvgIpc) is 2.73. The minimum atomic E-state index is -0.485. The van der Waals surface area contributed by atoms with Crippen LogP contribution in [0.2, 0.25) is 0 Å². The van der Waals surface area contributed by atoms with E-state index in [1.54, 1.807) is 6.20 Å². The van der Waals surface area contributed by atoms with Crippen LogP contribution in [0.1, 0.15) is 41.1 Å². The van der Waals surface area contributed by atoms with Crippen molar-refractivity contribution in [2.45, 2.75) is 39.2 Å². The molecule has 1 amide bonds. The summed E-state index contributed by atoms with van der Waals surface area (Å²) in [6, 6.07) is 9.73. The minimum absolute atomic E-state index is 0.0264. The molecule has 3 N–H and O–H groups in total. The molecule has 29 heavy (non-hydrogen) atoms. The van der Waals surface area contributed by atoms with E-state index >= 15 is 0 Å². The van der Waals surface area contributed by atoms with Crippen molar-refractivity contribution in [2.24, 2.45) is 16.1 Å². The lowest BCUT2D eigenvalue weighted by atomic mass is 9.78. The van der Waals surface area contributed by atoms with E-state index in [1.165, 1.54) is 5.56 Å². The molecular weight excluding hydrogens is 360 g/mol. The number of pyridine rings is 1. The van der Waals surface area contributed by atoms with Crippen molar-refractivity contribution in [3.63, 3.8) is 0 Å². The summed E-state index contributed by atoms with van der Waals surface area (Å²) in [5.41, 5.74) is 10.1. The summed E-state index contributed by atoms with van der Waals surface area (Å²) in [6.45, 7) is 5.49. The van der Waals surface area contributed by atoms with E-state index in [2.05, 4.69) is 33.5 Å². The number of primary amides is 1. The highest BCUT2D eigenvalue weighted by Crippen LogP contribution is 2.32. The molecule has 0 spiro atoms. The van der Waals surface area contributed by atoms with Crippen LogP contribution in [0.5, 0.6) is 0 Å². The largest absolute Gasteiger partial charge is 0.368 e. The second-order valence-electron chi connectivity index (χ2n) is 7.97. The summed E-state index contributed by atoms with van der Waals surface area (Å²) in [4.78, 5) is 20.9. The van der Waals surface area contributed by atoms with Crippen molar-refractivity contribution >= 4 is 12.1 Å².